The molecule has 1 aliphatic carbocycles. The van der Waals surface area contributed by atoms with E-state index in [2.05, 4.69) is 0 Å². The molecular weight excluding hydrogens is 438 g/mol. The van der Waals surface area contributed by atoms with Crippen LogP contribution < -0.4 is 4.74 Å². The molecule has 33 heavy (non-hydrogen) atoms. The van der Waals surface area contributed by atoms with Crippen molar-refractivity contribution in [2.24, 2.45) is 10.9 Å². The number of ether oxygens (including phenoxy) is 2. The quantitative estimate of drug-likeness (QED) is 0.500. The summed E-state index contributed by atoms with van der Waals surface area (Å²) in [6, 6.07) is 15.3. The number of Topliss-reactive ketones (excluding diaryl/α,β-unsaturated/α-hetero) is 1. The van der Waals surface area contributed by atoms with Gasteiger partial charge in [-0.15, -0.1) is 0 Å². The summed E-state index contributed by atoms with van der Waals surface area (Å²) in [7, 11) is 0. The van der Waals surface area contributed by atoms with E-state index in [-0.39, 0.29) is 18.3 Å². The summed E-state index contributed by atoms with van der Waals surface area (Å²) in [5.41, 5.74) is 3.87. The largest absolute Gasteiger partial charge is 0.494 e. The second-order valence-electron chi connectivity index (χ2n) is 8.40. The van der Waals surface area contributed by atoms with Crippen LogP contribution >= 0.6 is 11.6 Å². The van der Waals surface area contributed by atoms with Gasteiger partial charge in [-0.3, -0.25) is 9.79 Å². The molecule has 1 fully saturated rings. The third-order valence-electron chi connectivity index (χ3n) is 6.34. The van der Waals surface area contributed by atoms with Crippen molar-refractivity contribution in [3.8, 4) is 5.75 Å². The zero-order valence-corrected chi connectivity index (χ0v) is 19.9. The first-order valence-corrected chi connectivity index (χ1v) is 11.8. The molecule has 0 amide bonds. The van der Waals surface area contributed by atoms with Crippen LogP contribution in [0.1, 0.15) is 56.6 Å². The number of rotatable bonds is 6. The fraction of sp³-hybridized carbons (Fsp3) is 0.370. The highest BCUT2D eigenvalue weighted by molar-refractivity contribution is 6.30. The Hall–Kier alpha value is -2.92. The molecule has 0 bridgehead atoms. The molecule has 0 saturated heterocycles. The fourth-order valence-corrected chi connectivity index (χ4v) is 5.05. The SMILES string of the molecule is CCOC(=O)C1=C(C)N=C2C[C@H](c3ccc(Cl)cc3)CC(=O)C2[C@@H]1c1ccc(OCC)cc1. The molecule has 172 valence electrons. The van der Waals surface area contributed by atoms with Crippen LogP contribution in [0.4, 0.5) is 0 Å². The minimum atomic E-state index is -0.477. The first-order valence-electron chi connectivity index (χ1n) is 11.4. The van der Waals surface area contributed by atoms with Gasteiger partial charge >= 0.3 is 5.97 Å². The van der Waals surface area contributed by atoms with E-state index in [9.17, 15) is 9.59 Å². The number of hydrogen-bond acceptors (Lipinski definition) is 5. The lowest BCUT2D eigenvalue weighted by Crippen LogP contribution is -2.41. The molecule has 1 heterocycles. The van der Waals surface area contributed by atoms with E-state index in [0.29, 0.717) is 35.7 Å². The Morgan fingerprint density at radius 1 is 0.970 bits per heavy atom. The van der Waals surface area contributed by atoms with Crippen LogP contribution in [0.25, 0.3) is 0 Å². The zero-order valence-electron chi connectivity index (χ0n) is 19.1. The molecule has 2 aliphatic rings. The van der Waals surface area contributed by atoms with Crippen molar-refractivity contribution in [3.05, 3.63) is 76.0 Å². The number of nitrogens with zero attached hydrogens (tertiary/aromatic N) is 1. The minimum absolute atomic E-state index is 0.0442. The van der Waals surface area contributed by atoms with Gasteiger partial charge in [0.05, 0.1) is 24.7 Å². The van der Waals surface area contributed by atoms with E-state index in [1.54, 1.807) is 6.92 Å². The molecule has 0 aromatic heterocycles. The van der Waals surface area contributed by atoms with Gasteiger partial charge in [-0.1, -0.05) is 35.9 Å². The molecule has 0 N–H and O–H groups in total. The van der Waals surface area contributed by atoms with E-state index in [1.165, 1.54) is 0 Å². The molecule has 4 rings (SSSR count). The van der Waals surface area contributed by atoms with Crippen LogP contribution in [0.5, 0.6) is 5.75 Å². The number of carbonyl (C=O) groups is 2. The van der Waals surface area contributed by atoms with E-state index < -0.39 is 17.8 Å². The Labute approximate surface area is 199 Å². The number of aliphatic imine (C=N–C) groups is 1. The van der Waals surface area contributed by atoms with Gasteiger partial charge in [0, 0.05) is 28.8 Å². The molecule has 0 spiro atoms. The molecule has 3 atom stereocenters. The van der Waals surface area contributed by atoms with E-state index in [0.717, 1.165) is 22.6 Å². The molecule has 1 unspecified atom stereocenters. The standard InChI is InChI=1S/C27H28ClNO4/c1-4-32-21-12-8-18(9-13-21)25-24(27(31)33-5-2)16(3)29-22-14-19(15-23(30)26(22)25)17-6-10-20(28)11-7-17/h6-13,19,25-26H,4-5,14-15H2,1-3H3/t19-,25+,26?/m0/s1. The van der Waals surface area contributed by atoms with Crippen LogP contribution in [0.15, 0.2) is 64.8 Å². The van der Waals surface area contributed by atoms with E-state index >= 15 is 0 Å². The van der Waals surface area contributed by atoms with E-state index in [4.69, 9.17) is 26.1 Å². The van der Waals surface area contributed by atoms with Crippen molar-refractivity contribution < 1.29 is 19.1 Å². The van der Waals surface area contributed by atoms with Crippen molar-refractivity contribution in [3.63, 3.8) is 0 Å². The molecule has 1 aliphatic heterocycles. The number of fused-ring (bicyclic) bond motifs is 1. The van der Waals surface area contributed by atoms with E-state index in [1.807, 2.05) is 62.4 Å². The summed E-state index contributed by atoms with van der Waals surface area (Å²) in [6.45, 7) is 6.37. The van der Waals surface area contributed by atoms with Crippen molar-refractivity contribution >= 4 is 29.1 Å². The third kappa shape index (κ3) is 4.74. The maximum absolute atomic E-state index is 13.6. The Kier molecular flexibility index (Phi) is 6.99. The first kappa shape index (κ1) is 23.2. The summed E-state index contributed by atoms with van der Waals surface area (Å²) in [5, 5.41) is 0.669. The third-order valence-corrected chi connectivity index (χ3v) is 6.59. The Morgan fingerprint density at radius 2 is 1.64 bits per heavy atom. The van der Waals surface area contributed by atoms with Crippen molar-refractivity contribution in [2.45, 2.75) is 45.4 Å². The summed E-state index contributed by atoms with van der Waals surface area (Å²) < 4.78 is 10.9. The summed E-state index contributed by atoms with van der Waals surface area (Å²) >= 11 is 6.05. The Balaban J connectivity index is 1.75. The lowest BCUT2D eigenvalue weighted by molar-refractivity contribution is -0.139. The summed E-state index contributed by atoms with van der Waals surface area (Å²) in [6.07, 6.45) is 1.06. The van der Waals surface area contributed by atoms with Crippen molar-refractivity contribution in [1.82, 2.24) is 0 Å². The molecule has 0 radical (unpaired) electrons. The number of halogens is 1. The van der Waals surface area contributed by atoms with Gasteiger partial charge in [0.1, 0.15) is 11.5 Å². The molecule has 2 aromatic rings. The number of ketones is 1. The lowest BCUT2D eigenvalue weighted by atomic mass is 9.66. The maximum Gasteiger partial charge on any atom is 0.336 e. The number of carbonyl (C=O) groups excluding carboxylic acids is 2. The van der Waals surface area contributed by atoms with Gasteiger partial charge in [0.2, 0.25) is 0 Å². The highest BCUT2D eigenvalue weighted by Crippen LogP contribution is 2.46. The second-order valence-corrected chi connectivity index (χ2v) is 8.84. The van der Waals surface area contributed by atoms with Gasteiger partial charge in [0.25, 0.3) is 0 Å². The minimum Gasteiger partial charge on any atom is -0.494 e. The maximum atomic E-state index is 13.6. The Morgan fingerprint density at radius 3 is 2.27 bits per heavy atom. The molecule has 2 aromatic carbocycles. The number of allylic oxidation sites excluding steroid dienone is 1. The second kappa shape index (κ2) is 9.92. The topological polar surface area (TPSA) is 65.0 Å². The normalized spacial score (nSPS) is 22.5. The Bertz CT molecular complexity index is 1100. The predicted molar refractivity (Wildman–Crippen MR) is 129 cm³/mol. The average Bonchev–Trinajstić information content (AvgIpc) is 2.79. The van der Waals surface area contributed by atoms with Crippen LogP contribution in [-0.4, -0.2) is 30.7 Å². The molecule has 1 saturated carbocycles. The van der Waals surface area contributed by atoms with Gasteiger partial charge in [-0.2, -0.15) is 0 Å². The highest BCUT2D eigenvalue weighted by Gasteiger charge is 2.46. The van der Waals surface area contributed by atoms with Crippen LogP contribution in [0.3, 0.4) is 0 Å². The predicted octanol–water partition coefficient (Wildman–Crippen LogP) is 5.88. The van der Waals surface area contributed by atoms with Crippen molar-refractivity contribution in [2.75, 3.05) is 13.2 Å². The number of hydrogen-bond donors (Lipinski definition) is 0. The zero-order chi connectivity index (χ0) is 23.5. The monoisotopic (exact) mass is 465 g/mol. The summed E-state index contributed by atoms with van der Waals surface area (Å²) in [4.78, 5) is 31.3. The molecule has 5 nitrogen and oxygen atoms in total. The van der Waals surface area contributed by atoms with Gasteiger partial charge < -0.3 is 9.47 Å². The van der Waals surface area contributed by atoms with Crippen molar-refractivity contribution in [1.29, 1.82) is 0 Å². The lowest BCUT2D eigenvalue weighted by Gasteiger charge is -2.38. The smallest absolute Gasteiger partial charge is 0.336 e. The molecule has 6 heteroatoms. The van der Waals surface area contributed by atoms with Crippen LogP contribution in [0, 0.1) is 5.92 Å². The number of benzene rings is 2. The van der Waals surface area contributed by atoms with Gasteiger partial charge in [-0.25, -0.2) is 4.79 Å². The molecular formula is C27H28ClNO4. The summed E-state index contributed by atoms with van der Waals surface area (Å²) in [5.74, 6) is -0.428. The van der Waals surface area contributed by atoms with Gasteiger partial charge in [-0.05, 0) is 68.5 Å². The van der Waals surface area contributed by atoms with Crippen LogP contribution in [0.2, 0.25) is 5.02 Å². The fourth-order valence-electron chi connectivity index (χ4n) is 4.92. The highest BCUT2D eigenvalue weighted by atomic mass is 35.5. The van der Waals surface area contributed by atoms with Crippen LogP contribution in [-0.2, 0) is 14.3 Å². The van der Waals surface area contributed by atoms with Gasteiger partial charge in [0.15, 0.2) is 0 Å². The number of esters is 1. The first-order chi connectivity index (χ1) is 15.9. The average molecular weight is 466 g/mol.